The molecule has 92 valence electrons. The summed E-state index contributed by atoms with van der Waals surface area (Å²) in [5, 5.41) is 8.33. The zero-order valence-corrected chi connectivity index (χ0v) is 11.9. The van der Waals surface area contributed by atoms with Crippen LogP contribution < -0.4 is 0 Å². The van der Waals surface area contributed by atoms with Crippen LogP contribution in [0.2, 0.25) is 0 Å². The van der Waals surface area contributed by atoms with Gasteiger partial charge in [0.1, 0.15) is 11.6 Å². The van der Waals surface area contributed by atoms with Gasteiger partial charge in [0, 0.05) is 6.54 Å². The van der Waals surface area contributed by atoms with E-state index >= 15 is 0 Å². The Balaban J connectivity index is 2.37. The predicted molar refractivity (Wildman–Crippen MR) is 70.7 cm³/mol. The minimum absolute atomic E-state index is 0.432. The predicted octanol–water partition coefficient (Wildman–Crippen LogP) is 3.28. The molecule has 1 aromatic heterocycles. The third-order valence-electron chi connectivity index (χ3n) is 2.56. The van der Waals surface area contributed by atoms with E-state index in [1.54, 1.807) is 0 Å². The Morgan fingerprint density at radius 3 is 2.50 bits per heavy atom. The molecule has 0 radical (unpaired) electrons. The van der Waals surface area contributed by atoms with Gasteiger partial charge in [-0.25, -0.2) is 0 Å². The van der Waals surface area contributed by atoms with E-state index in [-0.39, 0.29) is 0 Å². The van der Waals surface area contributed by atoms with E-state index in [9.17, 15) is 0 Å². The maximum Gasteiger partial charge on any atom is 0.143 e. The highest BCUT2D eigenvalue weighted by molar-refractivity contribution is 7.98. The fraction of sp³-hybridized carbons (Fsp3) is 0.833. The van der Waals surface area contributed by atoms with Gasteiger partial charge in [-0.1, -0.05) is 20.8 Å². The molecule has 0 aliphatic heterocycles. The average molecular weight is 241 g/mol. The smallest absolute Gasteiger partial charge is 0.143 e. The summed E-state index contributed by atoms with van der Waals surface area (Å²) < 4.78 is 2.18. The van der Waals surface area contributed by atoms with Gasteiger partial charge in [-0.15, -0.1) is 10.2 Å². The van der Waals surface area contributed by atoms with Crippen LogP contribution in [0.1, 0.15) is 45.8 Å². The molecule has 0 atom stereocenters. The van der Waals surface area contributed by atoms with Crippen LogP contribution in [-0.4, -0.2) is 20.5 Å². The van der Waals surface area contributed by atoms with Gasteiger partial charge in [-0.2, -0.15) is 11.8 Å². The Morgan fingerprint density at radius 2 is 1.94 bits per heavy atom. The maximum absolute atomic E-state index is 4.21. The lowest BCUT2D eigenvalue weighted by atomic mass is 9.94. The van der Waals surface area contributed by atoms with Crippen LogP contribution in [-0.2, 0) is 12.3 Å². The lowest BCUT2D eigenvalue weighted by molar-refractivity contribution is 0.401. The summed E-state index contributed by atoms with van der Waals surface area (Å²) in [7, 11) is 0. The summed E-state index contributed by atoms with van der Waals surface area (Å²) in [5.74, 6) is 4.30. The van der Waals surface area contributed by atoms with Gasteiger partial charge in [0.2, 0.25) is 0 Å². The van der Waals surface area contributed by atoms with Gasteiger partial charge < -0.3 is 4.57 Å². The molecule has 0 bridgehead atoms. The zero-order valence-electron chi connectivity index (χ0n) is 11.1. The summed E-state index contributed by atoms with van der Waals surface area (Å²) in [6.45, 7) is 12.0. The number of rotatable bonds is 5. The van der Waals surface area contributed by atoms with Crippen molar-refractivity contribution in [1.82, 2.24) is 14.8 Å². The van der Waals surface area contributed by atoms with Crippen LogP contribution >= 0.6 is 11.8 Å². The van der Waals surface area contributed by atoms with E-state index in [0.29, 0.717) is 5.41 Å². The van der Waals surface area contributed by atoms with E-state index in [1.165, 1.54) is 12.2 Å². The summed E-state index contributed by atoms with van der Waals surface area (Å²) in [6, 6.07) is 0. The van der Waals surface area contributed by atoms with Crippen molar-refractivity contribution in [3.8, 4) is 0 Å². The second-order valence-corrected chi connectivity index (χ2v) is 6.38. The number of aromatic nitrogens is 3. The molecule has 0 spiro atoms. The van der Waals surface area contributed by atoms with Crippen molar-refractivity contribution in [2.45, 2.75) is 53.3 Å². The zero-order chi connectivity index (χ0) is 12.2. The number of thioether (sulfide) groups is 1. The third kappa shape index (κ3) is 4.16. The van der Waals surface area contributed by atoms with Crippen molar-refractivity contribution < 1.29 is 0 Å². The van der Waals surface area contributed by atoms with Crippen LogP contribution in [0.25, 0.3) is 0 Å². The Morgan fingerprint density at radius 1 is 1.25 bits per heavy atom. The van der Waals surface area contributed by atoms with Gasteiger partial charge in [-0.3, -0.25) is 0 Å². The fourth-order valence-electron chi connectivity index (χ4n) is 1.48. The van der Waals surface area contributed by atoms with Crippen LogP contribution in [0.15, 0.2) is 0 Å². The highest BCUT2D eigenvalue weighted by Gasteiger charge is 2.11. The van der Waals surface area contributed by atoms with Crippen molar-refractivity contribution in [2.24, 2.45) is 5.41 Å². The van der Waals surface area contributed by atoms with Gasteiger partial charge in [0.15, 0.2) is 0 Å². The first kappa shape index (κ1) is 13.6. The lowest BCUT2D eigenvalue weighted by Crippen LogP contribution is -2.07. The van der Waals surface area contributed by atoms with Crippen molar-refractivity contribution in [3.05, 3.63) is 11.6 Å². The van der Waals surface area contributed by atoms with Gasteiger partial charge in [-0.05, 0) is 31.4 Å². The van der Waals surface area contributed by atoms with E-state index in [4.69, 9.17) is 0 Å². The molecule has 0 saturated carbocycles. The first-order valence-electron chi connectivity index (χ1n) is 5.90. The summed E-state index contributed by atoms with van der Waals surface area (Å²) in [6.07, 6.45) is 1.25. The standard InChI is InChI=1S/C12H23N3S/c1-6-15-10(2)13-14-11(15)9-16-8-7-12(3,4)5/h6-9H2,1-5H3. The Labute approximate surface area is 103 Å². The summed E-state index contributed by atoms with van der Waals surface area (Å²) in [4.78, 5) is 0. The topological polar surface area (TPSA) is 30.7 Å². The second-order valence-electron chi connectivity index (χ2n) is 5.27. The monoisotopic (exact) mass is 241 g/mol. The van der Waals surface area contributed by atoms with Gasteiger partial charge in [0.05, 0.1) is 5.75 Å². The van der Waals surface area contributed by atoms with Gasteiger partial charge >= 0.3 is 0 Å². The largest absolute Gasteiger partial charge is 0.315 e. The quantitative estimate of drug-likeness (QED) is 0.741. The van der Waals surface area contributed by atoms with E-state index < -0.39 is 0 Å². The van der Waals surface area contributed by atoms with Crippen LogP contribution in [0.3, 0.4) is 0 Å². The molecule has 1 rings (SSSR count). The maximum atomic E-state index is 4.21. The Kier molecular flexibility index (Phi) is 4.84. The van der Waals surface area contributed by atoms with Crippen LogP contribution in [0.4, 0.5) is 0 Å². The summed E-state index contributed by atoms with van der Waals surface area (Å²) in [5.41, 5.74) is 0.432. The second kappa shape index (κ2) is 5.71. The fourth-order valence-corrected chi connectivity index (χ4v) is 2.78. The molecule has 0 N–H and O–H groups in total. The molecular weight excluding hydrogens is 218 g/mol. The molecule has 0 fully saturated rings. The van der Waals surface area contributed by atoms with Crippen molar-refractivity contribution in [1.29, 1.82) is 0 Å². The Bertz CT molecular complexity index is 325. The minimum atomic E-state index is 0.432. The normalized spacial score (nSPS) is 12.1. The molecule has 0 aliphatic rings. The van der Waals surface area contributed by atoms with Crippen molar-refractivity contribution in [3.63, 3.8) is 0 Å². The lowest BCUT2D eigenvalue weighted by Gasteiger charge is -2.17. The van der Waals surface area contributed by atoms with E-state index in [0.717, 1.165) is 23.9 Å². The van der Waals surface area contributed by atoms with Crippen LogP contribution in [0, 0.1) is 12.3 Å². The number of hydrogen-bond donors (Lipinski definition) is 0. The molecular formula is C12H23N3S. The molecule has 0 unspecified atom stereocenters. The van der Waals surface area contributed by atoms with Crippen LogP contribution in [0.5, 0.6) is 0 Å². The summed E-state index contributed by atoms with van der Waals surface area (Å²) >= 11 is 1.95. The van der Waals surface area contributed by atoms with Crippen molar-refractivity contribution >= 4 is 11.8 Å². The van der Waals surface area contributed by atoms with Crippen molar-refractivity contribution in [2.75, 3.05) is 5.75 Å². The van der Waals surface area contributed by atoms with E-state index in [1.807, 2.05) is 18.7 Å². The molecule has 0 aliphatic carbocycles. The molecule has 1 aromatic rings. The molecule has 1 heterocycles. The SMILES string of the molecule is CCn1c(C)nnc1CSCCC(C)(C)C. The first-order valence-corrected chi connectivity index (χ1v) is 7.06. The highest BCUT2D eigenvalue weighted by atomic mass is 32.2. The molecule has 0 amide bonds. The molecule has 0 aromatic carbocycles. The third-order valence-corrected chi connectivity index (χ3v) is 3.51. The molecule has 3 nitrogen and oxygen atoms in total. The average Bonchev–Trinajstić information content (AvgIpc) is 2.52. The number of hydrogen-bond acceptors (Lipinski definition) is 3. The first-order chi connectivity index (χ1) is 7.44. The highest BCUT2D eigenvalue weighted by Crippen LogP contribution is 2.22. The van der Waals surface area contributed by atoms with Gasteiger partial charge in [0.25, 0.3) is 0 Å². The molecule has 16 heavy (non-hydrogen) atoms. The number of nitrogens with zero attached hydrogens (tertiary/aromatic N) is 3. The molecule has 0 saturated heterocycles. The molecule has 4 heteroatoms. The van der Waals surface area contributed by atoms with E-state index in [2.05, 4.69) is 42.5 Å². The number of aryl methyl sites for hydroxylation is 1. The minimum Gasteiger partial charge on any atom is -0.315 e. The Hall–Kier alpha value is -0.510.